The Balaban J connectivity index is 2.34. The third kappa shape index (κ3) is 2.35. The zero-order valence-corrected chi connectivity index (χ0v) is 11.3. The van der Waals surface area contributed by atoms with Crippen LogP contribution in [0.4, 0.5) is 10.1 Å². The van der Waals surface area contributed by atoms with E-state index in [0.717, 1.165) is 12.5 Å². The fourth-order valence-corrected chi connectivity index (χ4v) is 3.73. The Morgan fingerprint density at radius 2 is 2.06 bits per heavy atom. The van der Waals surface area contributed by atoms with E-state index in [4.69, 9.17) is 5.73 Å². The quantitative estimate of drug-likeness (QED) is 0.835. The molecule has 1 aliphatic rings. The van der Waals surface area contributed by atoms with Gasteiger partial charge in [0.15, 0.2) is 0 Å². The number of sulfonamides is 1. The summed E-state index contributed by atoms with van der Waals surface area (Å²) in [5.74, 6) is -0.700. The number of hydrogen-bond acceptors (Lipinski definition) is 3. The molecule has 0 spiro atoms. The lowest BCUT2D eigenvalue weighted by Crippen LogP contribution is -2.30. The Morgan fingerprint density at radius 3 is 2.56 bits per heavy atom. The predicted molar refractivity (Wildman–Crippen MR) is 68.0 cm³/mol. The number of nitrogen functional groups attached to an aromatic ring is 1. The third-order valence-electron chi connectivity index (χ3n) is 3.25. The van der Waals surface area contributed by atoms with E-state index < -0.39 is 15.8 Å². The summed E-state index contributed by atoms with van der Waals surface area (Å²) in [6, 6.07) is 3.61. The molecule has 18 heavy (non-hydrogen) atoms. The number of rotatable bonds is 2. The first-order valence-electron chi connectivity index (χ1n) is 5.78. The number of benzene rings is 1. The molecule has 0 radical (unpaired) electrons. The Morgan fingerprint density at radius 1 is 1.39 bits per heavy atom. The molecule has 0 aromatic heterocycles. The smallest absolute Gasteiger partial charge is 0.243 e. The number of hydrogen-bond donors (Lipinski definition) is 1. The number of halogens is 1. The van der Waals surface area contributed by atoms with Crippen LogP contribution in [0.15, 0.2) is 23.1 Å². The third-order valence-corrected chi connectivity index (χ3v) is 5.09. The maximum atomic E-state index is 13.3. The number of anilines is 1. The van der Waals surface area contributed by atoms with Crippen LogP contribution in [-0.4, -0.2) is 25.8 Å². The lowest BCUT2D eigenvalue weighted by atomic mass is 9.93. The van der Waals surface area contributed by atoms with Crippen LogP contribution in [0.25, 0.3) is 0 Å². The minimum absolute atomic E-state index is 0.0284. The molecular weight excluding hydrogens is 255 g/mol. The van der Waals surface area contributed by atoms with Crippen molar-refractivity contribution >= 4 is 15.7 Å². The highest BCUT2D eigenvalue weighted by molar-refractivity contribution is 7.89. The summed E-state index contributed by atoms with van der Waals surface area (Å²) in [5, 5.41) is 0. The van der Waals surface area contributed by atoms with Crippen molar-refractivity contribution in [2.45, 2.75) is 25.2 Å². The number of nitrogens with zero attached hydrogens (tertiary/aromatic N) is 1. The molecular formula is C12H17FN2O2S. The molecule has 6 heteroatoms. The summed E-state index contributed by atoms with van der Waals surface area (Å²) in [7, 11) is -3.61. The van der Waals surface area contributed by atoms with Crippen molar-refractivity contribution in [2.24, 2.45) is 5.41 Å². The molecule has 0 bridgehead atoms. The van der Waals surface area contributed by atoms with Crippen LogP contribution in [0.1, 0.15) is 20.3 Å². The van der Waals surface area contributed by atoms with Gasteiger partial charge >= 0.3 is 0 Å². The predicted octanol–water partition coefficient (Wildman–Crippen LogP) is 1.83. The summed E-state index contributed by atoms with van der Waals surface area (Å²) in [6.07, 6.45) is 0.809. The van der Waals surface area contributed by atoms with E-state index in [1.54, 1.807) is 0 Å². The molecule has 4 nitrogen and oxygen atoms in total. The van der Waals surface area contributed by atoms with E-state index in [-0.39, 0.29) is 16.0 Å². The molecule has 0 amide bonds. The van der Waals surface area contributed by atoms with Crippen molar-refractivity contribution in [1.82, 2.24) is 4.31 Å². The summed E-state index contributed by atoms with van der Waals surface area (Å²) < 4.78 is 39.3. The molecule has 100 valence electrons. The van der Waals surface area contributed by atoms with Gasteiger partial charge in [0.2, 0.25) is 10.0 Å². The second-order valence-corrected chi connectivity index (χ2v) is 7.37. The topological polar surface area (TPSA) is 63.4 Å². The van der Waals surface area contributed by atoms with Crippen LogP contribution < -0.4 is 5.73 Å². The zero-order valence-electron chi connectivity index (χ0n) is 10.5. The van der Waals surface area contributed by atoms with Crippen molar-refractivity contribution in [1.29, 1.82) is 0 Å². The van der Waals surface area contributed by atoms with Crippen LogP contribution in [0, 0.1) is 11.2 Å². The lowest BCUT2D eigenvalue weighted by molar-refractivity contribution is 0.375. The highest BCUT2D eigenvalue weighted by atomic mass is 32.2. The van der Waals surface area contributed by atoms with Gasteiger partial charge in [-0.25, -0.2) is 12.8 Å². The van der Waals surface area contributed by atoms with Gasteiger partial charge in [0, 0.05) is 13.1 Å². The molecule has 0 unspecified atom stereocenters. The molecule has 2 rings (SSSR count). The second kappa shape index (κ2) is 4.20. The average Bonchev–Trinajstić information content (AvgIpc) is 2.63. The van der Waals surface area contributed by atoms with Gasteiger partial charge in [0.05, 0.1) is 10.6 Å². The van der Waals surface area contributed by atoms with Gasteiger partial charge in [-0.05, 0) is 30.0 Å². The van der Waals surface area contributed by atoms with Crippen molar-refractivity contribution in [2.75, 3.05) is 18.8 Å². The molecule has 0 aliphatic carbocycles. The Hall–Kier alpha value is -1.14. The van der Waals surface area contributed by atoms with E-state index in [1.807, 2.05) is 13.8 Å². The van der Waals surface area contributed by atoms with Crippen molar-refractivity contribution in [3.63, 3.8) is 0 Å². The largest absolute Gasteiger partial charge is 0.396 e. The van der Waals surface area contributed by atoms with Gasteiger partial charge in [0.1, 0.15) is 5.82 Å². The first-order chi connectivity index (χ1) is 8.22. The standard InChI is InChI=1S/C12H17FN2O2S/c1-12(2)5-6-15(8-12)18(16,17)9-3-4-11(14)10(13)7-9/h3-4,7H,5-6,8,14H2,1-2H3. The molecule has 1 fully saturated rings. The molecule has 1 aromatic carbocycles. The van der Waals surface area contributed by atoms with Gasteiger partial charge in [0.25, 0.3) is 0 Å². The first-order valence-corrected chi connectivity index (χ1v) is 7.22. The first kappa shape index (κ1) is 13.3. The fourth-order valence-electron chi connectivity index (χ4n) is 2.09. The summed E-state index contributed by atoms with van der Waals surface area (Å²) in [4.78, 5) is -0.0353. The summed E-state index contributed by atoms with van der Waals surface area (Å²) in [5.41, 5.74) is 5.27. The van der Waals surface area contributed by atoms with Crippen molar-refractivity contribution in [3.05, 3.63) is 24.0 Å². The minimum Gasteiger partial charge on any atom is -0.396 e. The molecule has 1 aromatic rings. The average molecular weight is 272 g/mol. The van der Waals surface area contributed by atoms with E-state index in [1.165, 1.54) is 16.4 Å². The highest BCUT2D eigenvalue weighted by Gasteiger charge is 2.36. The van der Waals surface area contributed by atoms with Crippen molar-refractivity contribution in [3.8, 4) is 0 Å². The van der Waals surface area contributed by atoms with Crippen LogP contribution in [-0.2, 0) is 10.0 Å². The molecule has 1 saturated heterocycles. The van der Waals surface area contributed by atoms with Crippen LogP contribution in [0.2, 0.25) is 0 Å². The second-order valence-electron chi connectivity index (χ2n) is 5.44. The monoisotopic (exact) mass is 272 g/mol. The van der Waals surface area contributed by atoms with Gasteiger partial charge in [-0.2, -0.15) is 4.31 Å². The Labute approximate surface area is 107 Å². The van der Waals surface area contributed by atoms with E-state index in [2.05, 4.69) is 0 Å². The molecule has 1 aliphatic heterocycles. The zero-order chi connectivity index (χ0) is 13.6. The van der Waals surface area contributed by atoms with Gasteiger partial charge in [-0.3, -0.25) is 0 Å². The minimum atomic E-state index is -3.61. The van der Waals surface area contributed by atoms with Crippen LogP contribution in [0.5, 0.6) is 0 Å². The SMILES string of the molecule is CC1(C)CCN(S(=O)(=O)c2ccc(N)c(F)c2)C1. The van der Waals surface area contributed by atoms with Crippen LogP contribution >= 0.6 is 0 Å². The lowest BCUT2D eigenvalue weighted by Gasteiger charge is -2.19. The van der Waals surface area contributed by atoms with Gasteiger partial charge in [-0.1, -0.05) is 13.8 Å². The van der Waals surface area contributed by atoms with Gasteiger partial charge in [-0.15, -0.1) is 0 Å². The molecule has 0 atom stereocenters. The number of nitrogens with two attached hydrogens (primary N) is 1. The maximum absolute atomic E-state index is 13.3. The van der Waals surface area contributed by atoms with Gasteiger partial charge < -0.3 is 5.73 Å². The van der Waals surface area contributed by atoms with E-state index in [0.29, 0.717) is 13.1 Å². The summed E-state index contributed by atoms with van der Waals surface area (Å²) >= 11 is 0. The Kier molecular flexibility index (Phi) is 3.11. The maximum Gasteiger partial charge on any atom is 0.243 e. The van der Waals surface area contributed by atoms with E-state index >= 15 is 0 Å². The molecule has 0 saturated carbocycles. The van der Waals surface area contributed by atoms with Crippen LogP contribution in [0.3, 0.4) is 0 Å². The normalized spacial score (nSPS) is 20.2. The Bertz CT molecular complexity index is 569. The van der Waals surface area contributed by atoms with E-state index in [9.17, 15) is 12.8 Å². The van der Waals surface area contributed by atoms with Crippen molar-refractivity contribution < 1.29 is 12.8 Å². The summed E-state index contributed by atoms with van der Waals surface area (Å²) in [6.45, 7) is 4.97. The molecule has 1 heterocycles. The fraction of sp³-hybridized carbons (Fsp3) is 0.500. The molecule has 2 N–H and O–H groups in total. The highest BCUT2D eigenvalue weighted by Crippen LogP contribution is 2.33.